The monoisotopic (exact) mass is 445 g/mol. The largest absolute Gasteiger partial charge is 0.338 e. The maximum Gasteiger partial charge on any atom is 0.319 e. The number of rotatable bonds is 19. The van der Waals surface area contributed by atoms with Gasteiger partial charge in [-0.15, -0.1) is 0 Å². The molecule has 182 valence electrons. The van der Waals surface area contributed by atoms with Gasteiger partial charge in [0.25, 0.3) is 0 Å². The summed E-state index contributed by atoms with van der Waals surface area (Å²) in [6.45, 7) is 4.43. The molecule has 0 saturated carbocycles. The highest BCUT2D eigenvalue weighted by molar-refractivity contribution is 5.92. The van der Waals surface area contributed by atoms with Gasteiger partial charge in [-0.25, -0.2) is 4.79 Å². The summed E-state index contributed by atoms with van der Waals surface area (Å²) in [4.78, 5) is 23.1. The second kappa shape index (κ2) is 19.6. The van der Waals surface area contributed by atoms with E-state index in [1.54, 1.807) is 24.3 Å². The van der Waals surface area contributed by atoms with Crippen LogP contribution in [0.4, 0.5) is 16.2 Å². The lowest BCUT2D eigenvalue weighted by Gasteiger charge is -2.09. The summed E-state index contributed by atoms with van der Waals surface area (Å²) in [6, 6.07) is 6.94. The molecule has 0 aliphatic rings. The molecule has 0 aliphatic heterocycles. The predicted molar refractivity (Wildman–Crippen MR) is 137 cm³/mol. The van der Waals surface area contributed by atoms with Gasteiger partial charge in [-0.1, -0.05) is 109 Å². The summed E-state index contributed by atoms with van der Waals surface area (Å²) in [5, 5.41) is 8.42. The highest BCUT2D eigenvalue weighted by Gasteiger charge is 2.03. The van der Waals surface area contributed by atoms with Crippen LogP contribution in [-0.4, -0.2) is 18.5 Å². The van der Waals surface area contributed by atoms with Crippen molar-refractivity contribution < 1.29 is 9.59 Å². The fourth-order valence-corrected chi connectivity index (χ4v) is 3.93. The molecular weight excluding hydrogens is 398 g/mol. The molecule has 5 heteroatoms. The lowest BCUT2D eigenvalue weighted by atomic mass is 10.0. The lowest BCUT2D eigenvalue weighted by Crippen LogP contribution is -2.29. The Labute approximate surface area is 196 Å². The third kappa shape index (κ3) is 16.6. The van der Waals surface area contributed by atoms with Gasteiger partial charge in [-0.2, -0.15) is 0 Å². The Hall–Kier alpha value is -2.04. The molecule has 0 spiro atoms. The lowest BCUT2D eigenvalue weighted by molar-refractivity contribution is -0.114. The number of carbonyl (C=O) groups excluding carboxylic acids is 2. The van der Waals surface area contributed by atoms with Gasteiger partial charge in [0, 0.05) is 24.8 Å². The van der Waals surface area contributed by atoms with Gasteiger partial charge >= 0.3 is 6.03 Å². The van der Waals surface area contributed by atoms with Crippen molar-refractivity contribution in [2.45, 2.75) is 117 Å². The second-order valence-electron chi connectivity index (χ2n) is 8.95. The van der Waals surface area contributed by atoms with Crippen LogP contribution in [-0.2, 0) is 4.79 Å². The highest BCUT2D eigenvalue weighted by atomic mass is 16.2. The number of anilines is 2. The summed E-state index contributed by atoms with van der Waals surface area (Å²) in [7, 11) is 0. The fourth-order valence-electron chi connectivity index (χ4n) is 3.93. The number of carbonyl (C=O) groups is 2. The minimum atomic E-state index is -0.203. The number of nitrogens with one attached hydrogen (secondary N) is 3. The van der Waals surface area contributed by atoms with Crippen LogP contribution in [0.3, 0.4) is 0 Å². The van der Waals surface area contributed by atoms with Crippen molar-refractivity contribution in [2.24, 2.45) is 0 Å². The first-order valence-electron chi connectivity index (χ1n) is 13.0. The van der Waals surface area contributed by atoms with E-state index in [-0.39, 0.29) is 11.9 Å². The Kier molecular flexibility index (Phi) is 17.2. The molecule has 1 aromatic carbocycles. The SMILES string of the molecule is CCCCCCCCCCCCCCCCCCNC(=O)Nc1cccc(NC(C)=O)c1. The number of benzene rings is 1. The van der Waals surface area contributed by atoms with Gasteiger partial charge in [0.2, 0.25) is 5.91 Å². The summed E-state index contributed by atoms with van der Waals surface area (Å²) in [5.41, 5.74) is 1.34. The Morgan fingerprint density at radius 1 is 0.656 bits per heavy atom. The van der Waals surface area contributed by atoms with Gasteiger partial charge in [0.15, 0.2) is 0 Å². The van der Waals surface area contributed by atoms with E-state index >= 15 is 0 Å². The Morgan fingerprint density at radius 3 is 1.56 bits per heavy atom. The van der Waals surface area contributed by atoms with Crippen molar-refractivity contribution in [2.75, 3.05) is 17.2 Å². The molecule has 0 atom stereocenters. The van der Waals surface area contributed by atoms with Crippen molar-refractivity contribution in [1.82, 2.24) is 5.32 Å². The van der Waals surface area contributed by atoms with E-state index in [1.165, 1.54) is 96.8 Å². The third-order valence-electron chi connectivity index (χ3n) is 5.76. The quantitative estimate of drug-likeness (QED) is 0.189. The van der Waals surface area contributed by atoms with E-state index < -0.39 is 0 Å². The van der Waals surface area contributed by atoms with Crippen molar-refractivity contribution in [3.05, 3.63) is 24.3 Å². The Morgan fingerprint density at radius 2 is 1.09 bits per heavy atom. The molecule has 3 amide bonds. The Balaban J connectivity index is 1.88. The number of urea groups is 1. The second-order valence-corrected chi connectivity index (χ2v) is 8.95. The molecule has 5 nitrogen and oxygen atoms in total. The van der Waals surface area contributed by atoms with E-state index in [0.717, 1.165) is 12.8 Å². The van der Waals surface area contributed by atoms with Crippen molar-refractivity contribution in [3.63, 3.8) is 0 Å². The van der Waals surface area contributed by atoms with Gasteiger partial charge in [-0.3, -0.25) is 4.79 Å². The first kappa shape index (κ1) is 28.0. The molecule has 0 radical (unpaired) electrons. The van der Waals surface area contributed by atoms with Crippen LogP contribution in [0.15, 0.2) is 24.3 Å². The molecule has 0 aliphatic carbocycles. The van der Waals surface area contributed by atoms with Crippen molar-refractivity contribution in [3.8, 4) is 0 Å². The molecule has 1 rings (SSSR count). The van der Waals surface area contributed by atoms with E-state index in [2.05, 4.69) is 22.9 Å². The fraction of sp³-hybridized carbons (Fsp3) is 0.704. The average Bonchev–Trinajstić information content (AvgIpc) is 2.75. The van der Waals surface area contributed by atoms with E-state index in [4.69, 9.17) is 0 Å². The van der Waals surface area contributed by atoms with Crippen LogP contribution in [0.5, 0.6) is 0 Å². The van der Waals surface area contributed by atoms with Crippen LogP contribution in [0.1, 0.15) is 117 Å². The standard InChI is InChI=1S/C27H47N3O2/c1-3-4-5-6-7-8-9-10-11-12-13-14-15-16-17-18-22-28-27(32)30-26-21-19-20-25(23-26)29-24(2)31/h19-21,23H,3-18,22H2,1-2H3,(H,29,31)(H2,28,30,32). The van der Waals surface area contributed by atoms with Crippen LogP contribution < -0.4 is 16.0 Å². The molecule has 0 fully saturated rings. The van der Waals surface area contributed by atoms with Gasteiger partial charge in [0.1, 0.15) is 0 Å². The molecule has 0 unspecified atom stereocenters. The summed E-state index contributed by atoms with van der Waals surface area (Å²) in [5.74, 6) is -0.130. The summed E-state index contributed by atoms with van der Waals surface area (Å²) >= 11 is 0. The van der Waals surface area contributed by atoms with E-state index in [9.17, 15) is 9.59 Å². The predicted octanol–water partition coefficient (Wildman–Crippen LogP) is 8.03. The molecule has 1 aromatic rings. The third-order valence-corrected chi connectivity index (χ3v) is 5.76. The molecule has 0 heterocycles. The van der Waals surface area contributed by atoms with E-state index in [1.807, 2.05) is 0 Å². The molecule has 32 heavy (non-hydrogen) atoms. The summed E-state index contributed by atoms with van der Waals surface area (Å²) < 4.78 is 0. The highest BCUT2D eigenvalue weighted by Crippen LogP contribution is 2.15. The van der Waals surface area contributed by atoms with Gasteiger partial charge < -0.3 is 16.0 Å². The van der Waals surface area contributed by atoms with Crippen LogP contribution in [0, 0.1) is 0 Å². The number of amides is 3. The number of unbranched alkanes of at least 4 members (excludes halogenated alkanes) is 15. The minimum absolute atomic E-state index is 0.130. The van der Waals surface area contributed by atoms with Crippen molar-refractivity contribution >= 4 is 23.3 Å². The van der Waals surface area contributed by atoms with Crippen LogP contribution in [0.25, 0.3) is 0 Å². The van der Waals surface area contributed by atoms with Gasteiger partial charge in [0.05, 0.1) is 0 Å². The molecular formula is C27H47N3O2. The minimum Gasteiger partial charge on any atom is -0.338 e. The maximum atomic E-state index is 12.0. The first-order valence-corrected chi connectivity index (χ1v) is 13.0. The molecule has 0 saturated heterocycles. The molecule has 0 bridgehead atoms. The average molecular weight is 446 g/mol. The smallest absolute Gasteiger partial charge is 0.319 e. The van der Waals surface area contributed by atoms with Crippen LogP contribution >= 0.6 is 0 Å². The number of hydrogen-bond donors (Lipinski definition) is 3. The normalized spacial score (nSPS) is 10.7. The first-order chi connectivity index (χ1) is 15.6. The Bertz CT molecular complexity index is 619. The van der Waals surface area contributed by atoms with Crippen LogP contribution in [0.2, 0.25) is 0 Å². The number of hydrogen-bond acceptors (Lipinski definition) is 2. The zero-order valence-electron chi connectivity index (χ0n) is 20.6. The summed E-state index contributed by atoms with van der Waals surface area (Å²) in [6.07, 6.45) is 21.5. The zero-order valence-corrected chi connectivity index (χ0v) is 20.6. The topological polar surface area (TPSA) is 70.2 Å². The zero-order chi connectivity index (χ0) is 23.3. The van der Waals surface area contributed by atoms with Crippen molar-refractivity contribution in [1.29, 1.82) is 0 Å². The molecule has 3 N–H and O–H groups in total. The van der Waals surface area contributed by atoms with Gasteiger partial charge in [-0.05, 0) is 24.6 Å². The molecule has 0 aromatic heterocycles. The van der Waals surface area contributed by atoms with E-state index in [0.29, 0.717) is 17.9 Å². The maximum absolute atomic E-state index is 12.0.